The Labute approximate surface area is 165 Å². The van der Waals surface area contributed by atoms with Gasteiger partial charge in [0.2, 0.25) is 0 Å². The van der Waals surface area contributed by atoms with Crippen LogP contribution < -0.4 is 0 Å². The third-order valence-electron chi connectivity index (χ3n) is 5.37. The summed E-state index contributed by atoms with van der Waals surface area (Å²) in [6.07, 6.45) is 6.25. The molecule has 5 nitrogen and oxygen atoms in total. The molecule has 0 atom stereocenters. The van der Waals surface area contributed by atoms with E-state index in [1.54, 1.807) is 11.3 Å². The summed E-state index contributed by atoms with van der Waals surface area (Å²) in [5.41, 5.74) is 3.90. The molecule has 0 aromatic carbocycles. The lowest BCUT2D eigenvalue weighted by molar-refractivity contribution is 0.621. The first-order chi connectivity index (χ1) is 13.1. The molecule has 8 heteroatoms. The highest BCUT2D eigenvalue weighted by Crippen LogP contribution is 2.42. The molecule has 134 valence electrons. The second-order valence-corrected chi connectivity index (χ2v) is 9.47. The van der Waals surface area contributed by atoms with E-state index in [4.69, 9.17) is 15.3 Å². The minimum Gasteiger partial charge on any atom is -0.232 e. The van der Waals surface area contributed by atoms with Crippen LogP contribution in [0.3, 0.4) is 0 Å². The molecule has 0 radical (unpaired) electrons. The normalized spacial score (nSPS) is 15.7. The first kappa shape index (κ1) is 16.9. The van der Waals surface area contributed by atoms with Gasteiger partial charge in [0.1, 0.15) is 15.5 Å². The van der Waals surface area contributed by atoms with Crippen molar-refractivity contribution in [2.45, 2.75) is 45.2 Å². The maximum Gasteiger partial charge on any atom is 0.267 e. The molecule has 0 amide bonds. The van der Waals surface area contributed by atoms with Crippen LogP contribution in [0.2, 0.25) is 12.6 Å². The zero-order valence-electron chi connectivity index (χ0n) is 15.3. The molecule has 0 N–H and O–H groups in total. The number of nitriles is 1. The minimum atomic E-state index is 0.253. The molecule has 1 fully saturated rings. The van der Waals surface area contributed by atoms with Gasteiger partial charge in [0, 0.05) is 10.8 Å². The van der Waals surface area contributed by atoms with Gasteiger partial charge < -0.3 is 0 Å². The van der Waals surface area contributed by atoms with Crippen molar-refractivity contribution in [2.24, 2.45) is 0 Å². The van der Waals surface area contributed by atoms with E-state index in [1.165, 1.54) is 9.58 Å². The van der Waals surface area contributed by atoms with Gasteiger partial charge in [0.05, 0.1) is 16.6 Å². The Morgan fingerprint density at radius 3 is 2.74 bits per heavy atom. The van der Waals surface area contributed by atoms with Crippen molar-refractivity contribution in [1.82, 2.24) is 19.6 Å². The van der Waals surface area contributed by atoms with Crippen molar-refractivity contribution in [3.05, 3.63) is 34.5 Å². The number of hydrogen-bond acceptors (Lipinski definition) is 6. The third kappa shape index (κ3) is 2.95. The lowest BCUT2D eigenvalue weighted by Crippen LogP contribution is -2.18. The fourth-order valence-corrected chi connectivity index (χ4v) is 6.27. The fraction of sp³-hybridized carbons (Fsp3) is 0.368. The number of nitrogens with zero attached hydrogens (tertiary/aromatic N) is 5. The summed E-state index contributed by atoms with van der Waals surface area (Å²) in [5, 5.41) is 14.8. The van der Waals surface area contributed by atoms with E-state index in [-0.39, 0.29) is 6.71 Å². The van der Waals surface area contributed by atoms with E-state index in [0.717, 1.165) is 57.9 Å². The van der Waals surface area contributed by atoms with Crippen molar-refractivity contribution in [3.63, 3.8) is 0 Å². The molecule has 0 saturated carbocycles. The van der Waals surface area contributed by atoms with E-state index in [9.17, 15) is 0 Å². The highest BCUT2D eigenvalue weighted by molar-refractivity contribution is 7.28. The number of aromatic nitrogens is 4. The number of hydrogen-bond donors (Lipinski definition) is 0. The Morgan fingerprint density at radius 2 is 2.00 bits per heavy atom. The van der Waals surface area contributed by atoms with Gasteiger partial charge in [-0.25, -0.2) is 19.7 Å². The molecule has 27 heavy (non-hydrogen) atoms. The van der Waals surface area contributed by atoms with Crippen LogP contribution in [0.4, 0.5) is 0 Å². The quantitative estimate of drug-likeness (QED) is 0.445. The average Bonchev–Trinajstić information content (AvgIpc) is 3.34. The lowest BCUT2D eigenvalue weighted by atomic mass is 9.42. The molecule has 1 aliphatic heterocycles. The SMILES string of the molecule is Cc1cn2nc(-c3nc4sc(C5CCB(C#N)CC5)cc4s3)cc(C)c2n1. The van der Waals surface area contributed by atoms with Crippen LogP contribution in [0.15, 0.2) is 18.3 Å². The highest BCUT2D eigenvalue weighted by Gasteiger charge is 2.27. The first-order valence-corrected chi connectivity index (χ1v) is 10.9. The zero-order valence-corrected chi connectivity index (χ0v) is 16.9. The van der Waals surface area contributed by atoms with Crippen LogP contribution >= 0.6 is 22.7 Å². The lowest BCUT2D eigenvalue weighted by Gasteiger charge is -2.21. The van der Waals surface area contributed by atoms with Crippen LogP contribution in [-0.2, 0) is 0 Å². The van der Waals surface area contributed by atoms with Crippen LogP contribution in [0, 0.1) is 25.1 Å². The van der Waals surface area contributed by atoms with Crippen LogP contribution in [0.5, 0.6) is 0 Å². The summed E-state index contributed by atoms with van der Waals surface area (Å²) in [7, 11) is 0. The van der Waals surface area contributed by atoms with Crippen molar-refractivity contribution in [1.29, 1.82) is 5.26 Å². The number of aryl methyl sites for hydroxylation is 2. The zero-order chi connectivity index (χ0) is 18.5. The molecular formula is C19H18BN5S2. The fourth-order valence-electron chi connectivity index (χ4n) is 3.92. The Kier molecular flexibility index (Phi) is 4.03. The third-order valence-corrected chi connectivity index (χ3v) is 7.71. The van der Waals surface area contributed by atoms with Crippen molar-refractivity contribution < 1.29 is 0 Å². The molecule has 5 heterocycles. The van der Waals surface area contributed by atoms with E-state index in [1.807, 2.05) is 29.0 Å². The van der Waals surface area contributed by atoms with E-state index >= 15 is 0 Å². The number of thiazole rings is 1. The van der Waals surface area contributed by atoms with E-state index in [2.05, 4.69) is 30.0 Å². The van der Waals surface area contributed by atoms with Gasteiger partial charge in [-0.3, -0.25) is 0 Å². The number of imidazole rings is 1. The Balaban J connectivity index is 1.46. The second kappa shape index (κ2) is 6.43. The molecule has 4 aromatic rings. The summed E-state index contributed by atoms with van der Waals surface area (Å²) in [6, 6.07) is 4.39. The topological polar surface area (TPSA) is 66.9 Å². The summed E-state index contributed by atoms with van der Waals surface area (Å²) >= 11 is 3.52. The molecule has 0 aliphatic carbocycles. The maximum absolute atomic E-state index is 9.09. The van der Waals surface area contributed by atoms with Crippen molar-refractivity contribution in [2.75, 3.05) is 0 Å². The van der Waals surface area contributed by atoms with Crippen LogP contribution in [0.25, 0.3) is 25.9 Å². The molecule has 0 spiro atoms. The predicted octanol–water partition coefficient (Wildman–Crippen LogP) is 5.12. The summed E-state index contributed by atoms with van der Waals surface area (Å²) in [6.45, 7) is 4.31. The standard InChI is InChI=1S/C19H18BN5S2/c1-11-7-14(24-25-9-12(2)22-17(11)25)18-23-19-16(27-18)8-15(26-19)13-3-5-20(10-21)6-4-13/h7-9,13H,3-6H2,1-2H3. The van der Waals surface area contributed by atoms with Gasteiger partial charge in [0.15, 0.2) is 5.65 Å². The molecule has 0 unspecified atom stereocenters. The van der Waals surface area contributed by atoms with Crippen molar-refractivity contribution in [3.8, 4) is 16.7 Å². The highest BCUT2D eigenvalue weighted by atomic mass is 32.1. The Bertz CT molecular complexity index is 1160. The van der Waals surface area contributed by atoms with Gasteiger partial charge in [0.25, 0.3) is 6.71 Å². The van der Waals surface area contributed by atoms with Crippen LogP contribution in [0.1, 0.15) is 34.9 Å². The predicted molar refractivity (Wildman–Crippen MR) is 112 cm³/mol. The smallest absolute Gasteiger partial charge is 0.232 e. The molecule has 0 bridgehead atoms. The van der Waals surface area contributed by atoms with Gasteiger partial charge >= 0.3 is 0 Å². The first-order valence-electron chi connectivity index (χ1n) is 9.24. The van der Waals surface area contributed by atoms with E-state index < -0.39 is 0 Å². The number of thiophene rings is 1. The monoisotopic (exact) mass is 391 g/mol. The maximum atomic E-state index is 9.09. The Hall–Kier alpha value is -2.24. The number of rotatable bonds is 2. The molecule has 4 aromatic heterocycles. The van der Waals surface area contributed by atoms with Gasteiger partial charge in [-0.2, -0.15) is 5.10 Å². The summed E-state index contributed by atoms with van der Waals surface area (Å²) in [4.78, 5) is 11.9. The van der Waals surface area contributed by atoms with Crippen LogP contribution in [-0.4, -0.2) is 26.3 Å². The molecule has 1 saturated heterocycles. The minimum absolute atomic E-state index is 0.253. The largest absolute Gasteiger partial charge is 0.267 e. The molecule has 1 aliphatic rings. The summed E-state index contributed by atoms with van der Waals surface area (Å²) in [5.74, 6) is 3.01. The van der Waals surface area contributed by atoms with Gasteiger partial charge in [-0.1, -0.05) is 25.5 Å². The molecular weight excluding hydrogens is 373 g/mol. The Morgan fingerprint density at radius 1 is 1.19 bits per heavy atom. The second-order valence-electron chi connectivity index (χ2n) is 7.38. The van der Waals surface area contributed by atoms with E-state index in [0.29, 0.717) is 5.92 Å². The summed E-state index contributed by atoms with van der Waals surface area (Å²) < 4.78 is 3.10. The van der Waals surface area contributed by atoms with Gasteiger partial charge in [-0.05, 0) is 37.5 Å². The van der Waals surface area contributed by atoms with Crippen molar-refractivity contribution >= 4 is 44.6 Å². The molecule has 5 rings (SSSR count). The average molecular weight is 391 g/mol. The number of fused-ring (bicyclic) bond motifs is 2. The van der Waals surface area contributed by atoms with Gasteiger partial charge in [-0.15, -0.1) is 22.7 Å².